The third-order valence-corrected chi connectivity index (χ3v) is 3.35. The first-order valence-corrected chi connectivity index (χ1v) is 5.80. The van der Waals surface area contributed by atoms with E-state index >= 15 is 0 Å². The molecule has 0 aliphatic rings. The molecule has 1 rings (SSSR count). The Morgan fingerprint density at radius 3 is 2.38 bits per heavy atom. The Hall–Kier alpha value is -1.16. The van der Waals surface area contributed by atoms with E-state index in [9.17, 15) is 5.11 Å². The maximum Gasteiger partial charge on any atom is 0.147 e. The van der Waals surface area contributed by atoms with Gasteiger partial charge in [0.15, 0.2) is 0 Å². The zero-order valence-corrected chi connectivity index (χ0v) is 10.3. The van der Waals surface area contributed by atoms with Gasteiger partial charge in [-0.15, -0.1) is 0 Å². The molecule has 0 fully saturated rings. The zero-order chi connectivity index (χ0) is 12.0. The van der Waals surface area contributed by atoms with Crippen LogP contribution in [0.15, 0.2) is 12.4 Å². The molecule has 0 bridgehead atoms. The summed E-state index contributed by atoms with van der Waals surface area (Å²) in [4.78, 5) is 8.40. The van der Waals surface area contributed by atoms with E-state index in [0.29, 0.717) is 0 Å². The minimum Gasteiger partial charge on any atom is -0.396 e. The number of aliphatic hydroxyl groups is 1. The molecular weight excluding hydrogens is 202 g/mol. The highest BCUT2D eigenvalue weighted by atomic mass is 16.3. The van der Waals surface area contributed by atoms with Gasteiger partial charge in [-0.25, -0.2) is 4.98 Å². The van der Waals surface area contributed by atoms with Crippen LogP contribution in [0.2, 0.25) is 0 Å². The average Bonchev–Trinajstić information content (AvgIpc) is 2.34. The Labute approximate surface area is 97.1 Å². The van der Waals surface area contributed by atoms with E-state index in [2.05, 4.69) is 29.1 Å². The molecule has 0 aliphatic heterocycles. The second kappa shape index (κ2) is 5.80. The summed E-state index contributed by atoms with van der Waals surface area (Å²) in [5.41, 5.74) is 0.839. The number of rotatable bonds is 6. The van der Waals surface area contributed by atoms with Gasteiger partial charge in [0.25, 0.3) is 0 Å². The minimum atomic E-state index is -0.0516. The molecule has 0 amide bonds. The summed E-state index contributed by atoms with van der Waals surface area (Å²) in [7, 11) is 0. The smallest absolute Gasteiger partial charge is 0.147 e. The second-order valence-electron chi connectivity index (χ2n) is 4.21. The van der Waals surface area contributed by atoms with Gasteiger partial charge in [0, 0.05) is 24.4 Å². The van der Waals surface area contributed by atoms with Crippen LogP contribution in [-0.4, -0.2) is 28.2 Å². The highest BCUT2D eigenvalue weighted by Crippen LogP contribution is 2.26. The van der Waals surface area contributed by atoms with Crippen LogP contribution in [0.5, 0.6) is 0 Å². The lowest BCUT2D eigenvalue weighted by atomic mass is 9.83. The van der Waals surface area contributed by atoms with Crippen LogP contribution in [0.3, 0.4) is 0 Å². The highest BCUT2D eigenvalue weighted by Gasteiger charge is 2.25. The highest BCUT2D eigenvalue weighted by molar-refractivity contribution is 5.38. The van der Waals surface area contributed by atoms with Crippen molar-refractivity contribution in [1.29, 1.82) is 0 Å². The summed E-state index contributed by atoms with van der Waals surface area (Å²) < 4.78 is 0. The molecule has 90 valence electrons. The van der Waals surface area contributed by atoms with Crippen molar-refractivity contribution in [2.45, 2.75) is 33.6 Å². The molecule has 1 aromatic heterocycles. The number of nitrogens with zero attached hydrogens (tertiary/aromatic N) is 2. The fourth-order valence-electron chi connectivity index (χ4n) is 1.63. The molecule has 0 spiro atoms. The Morgan fingerprint density at radius 2 is 1.88 bits per heavy atom. The lowest BCUT2D eigenvalue weighted by molar-refractivity contribution is 0.127. The molecular formula is C12H21N3O. The number of aliphatic hydroxyl groups excluding tert-OH is 1. The number of aryl methyl sites for hydroxylation is 1. The molecule has 0 aliphatic carbocycles. The van der Waals surface area contributed by atoms with E-state index in [-0.39, 0.29) is 12.0 Å². The van der Waals surface area contributed by atoms with Crippen molar-refractivity contribution in [1.82, 2.24) is 9.97 Å². The number of hydrogen-bond acceptors (Lipinski definition) is 4. The molecule has 0 saturated carbocycles. The van der Waals surface area contributed by atoms with Crippen molar-refractivity contribution in [3.05, 3.63) is 18.1 Å². The maximum atomic E-state index is 9.45. The summed E-state index contributed by atoms with van der Waals surface area (Å²) >= 11 is 0. The number of anilines is 1. The first-order chi connectivity index (χ1) is 7.67. The number of nitrogens with one attached hydrogen (secondary N) is 1. The van der Waals surface area contributed by atoms with Crippen molar-refractivity contribution in [3.8, 4) is 0 Å². The third-order valence-electron chi connectivity index (χ3n) is 3.35. The van der Waals surface area contributed by atoms with E-state index in [1.54, 1.807) is 12.4 Å². The quantitative estimate of drug-likeness (QED) is 0.774. The molecule has 0 atom stereocenters. The first-order valence-electron chi connectivity index (χ1n) is 5.80. The van der Waals surface area contributed by atoms with Gasteiger partial charge in [-0.2, -0.15) is 0 Å². The van der Waals surface area contributed by atoms with E-state index in [0.717, 1.165) is 30.9 Å². The van der Waals surface area contributed by atoms with Gasteiger partial charge in [-0.3, -0.25) is 4.98 Å². The lowest BCUT2D eigenvalue weighted by Crippen LogP contribution is -2.32. The van der Waals surface area contributed by atoms with Gasteiger partial charge < -0.3 is 10.4 Å². The zero-order valence-electron chi connectivity index (χ0n) is 10.3. The molecule has 1 heterocycles. The van der Waals surface area contributed by atoms with Crippen LogP contribution in [0.25, 0.3) is 0 Å². The van der Waals surface area contributed by atoms with Crippen molar-refractivity contribution < 1.29 is 5.11 Å². The Kier molecular flexibility index (Phi) is 4.68. The molecule has 0 aromatic carbocycles. The van der Waals surface area contributed by atoms with Crippen molar-refractivity contribution >= 4 is 5.82 Å². The van der Waals surface area contributed by atoms with Gasteiger partial charge in [0.2, 0.25) is 0 Å². The standard InChI is InChI=1S/C12H21N3O/c1-4-12(5-2,9-16)8-15-11-10(3)13-6-7-14-11/h6-7,16H,4-5,8-9H2,1-3H3,(H,14,15). The molecule has 16 heavy (non-hydrogen) atoms. The van der Waals surface area contributed by atoms with E-state index in [1.165, 1.54) is 0 Å². The van der Waals surface area contributed by atoms with E-state index < -0.39 is 0 Å². The van der Waals surface area contributed by atoms with Gasteiger partial charge in [0.05, 0.1) is 12.3 Å². The van der Waals surface area contributed by atoms with Crippen LogP contribution in [0, 0.1) is 12.3 Å². The van der Waals surface area contributed by atoms with Crippen LogP contribution in [0.1, 0.15) is 32.4 Å². The maximum absolute atomic E-state index is 9.45. The Balaban J connectivity index is 2.66. The van der Waals surface area contributed by atoms with Crippen LogP contribution >= 0.6 is 0 Å². The van der Waals surface area contributed by atoms with Crippen molar-refractivity contribution in [3.63, 3.8) is 0 Å². The number of hydrogen-bond donors (Lipinski definition) is 2. The van der Waals surface area contributed by atoms with Crippen molar-refractivity contribution in [2.24, 2.45) is 5.41 Å². The van der Waals surface area contributed by atoms with Crippen LogP contribution < -0.4 is 5.32 Å². The monoisotopic (exact) mass is 223 g/mol. The fraction of sp³-hybridized carbons (Fsp3) is 0.667. The number of aromatic nitrogens is 2. The summed E-state index contributed by atoms with van der Waals surface area (Å²) in [6.45, 7) is 7.06. The predicted molar refractivity (Wildman–Crippen MR) is 65.4 cm³/mol. The average molecular weight is 223 g/mol. The second-order valence-corrected chi connectivity index (χ2v) is 4.21. The van der Waals surface area contributed by atoms with E-state index in [1.807, 2.05) is 6.92 Å². The van der Waals surface area contributed by atoms with Crippen LogP contribution in [0.4, 0.5) is 5.82 Å². The Morgan fingerprint density at radius 1 is 1.25 bits per heavy atom. The largest absolute Gasteiger partial charge is 0.396 e. The van der Waals surface area contributed by atoms with Crippen LogP contribution in [-0.2, 0) is 0 Å². The summed E-state index contributed by atoms with van der Waals surface area (Å²) in [5, 5.41) is 12.7. The normalized spacial score (nSPS) is 11.5. The molecule has 0 unspecified atom stereocenters. The first kappa shape index (κ1) is 12.9. The predicted octanol–water partition coefficient (Wildman–Crippen LogP) is 2.00. The summed E-state index contributed by atoms with van der Waals surface area (Å²) in [6, 6.07) is 0. The third kappa shape index (κ3) is 2.92. The van der Waals surface area contributed by atoms with E-state index in [4.69, 9.17) is 0 Å². The van der Waals surface area contributed by atoms with Gasteiger partial charge >= 0.3 is 0 Å². The topological polar surface area (TPSA) is 58.0 Å². The molecule has 2 N–H and O–H groups in total. The summed E-state index contributed by atoms with van der Waals surface area (Å²) in [5.74, 6) is 0.808. The Bertz CT molecular complexity index is 316. The van der Waals surface area contributed by atoms with Gasteiger partial charge in [-0.05, 0) is 19.8 Å². The van der Waals surface area contributed by atoms with Gasteiger partial charge in [0.1, 0.15) is 5.82 Å². The summed E-state index contributed by atoms with van der Waals surface area (Å²) in [6.07, 6.45) is 5.26. The molecule has 0 radical (unpaired) electrons. The molecule has 4 heteroatoms. The van der Waals surface area contributed by atoms with Crippen molar-refractivity contribution in [2.75, 3.05) is 18.5 Å². The molecule has 0 saturated heterocycles. The minimum absolute atomic E-state index is 0.0516. The molecule has 1 aromatic rings. The van der Waals surface area contributed by atoms with Gasteiger partial charge in [-0.1, -0.05) is 13.8 Å². The molecule has 4 nitrogen and oxygen atoms in total. The fourth-order valence-corrected chi connectivity index (χ4v) is 1.63. The SMILES string of the molecule is CCC(CC)(CO)CNc1nccnc1C. The lowest BCUT2D eigenvalue weighted by Gasteiger charge is -2.29.